The molecule has 4 N–H and O–H groups in total. The molecule has 0 radical (unpaired) electrons. The third-order valence-electron chi connectivity index (χ3n) is 1.57. The molecule has 0 fully saturated rings. The summed E-state index contributed by atoms with van der Waals surface area (Å²) in [7, 11) is 0. The molecule has 0 amide bonds. The van der Waals surface area contributed by atoms with Crippen LogP contribution in [0, 0.1) is 0 Å². The van der Waals surface area contributed by atoms with Crippen LogP contribution >= 0.6 is 0 Å². The van der Waals surface area contributed by atoms with E-state index in [2.05, 4.69) is 5.10 Å². The average molecular weight is 185 g/mol. The highest BCUT2D eigenvalue weighted by Crippen LogP contribution is 2.08. The second-order valence-electron chi connectivity index (χ2n) is 2.57. The number of aryl methyl sites for hydroxylation is 1. The number of aliphatic hydroxyl groups is 1. The zero-order valence-electron chi connectivity index (χ0n) is 6.97. The fourth-order valence-electron chi connectivity index (χ4n) is 0.948. The van der Waals surface area contributed by atoms with Gasteiger partial charge in [0.1, 0.15) is 5.56 Å². The van der Waals surface area contributed by atoms with Crippen LogP contribution in [0.2, 0.25) is 0 Å². The van der Waals surface area contributed by atoms with Crippen molar-refractivity contribution in [2.75, 3.05) is 12.3 Å². The number of aromatic nitrogens is 2. The highest BCUT2D eigenvalue weighted by atomic mass is 16.4. The van der Waals surface area contributed by atoms with E-state index >= 15 is 0 Å². The molecule has 0 aliphatic carbocycles. The predicted octanol–water partition coefficient (Wildman–Crippen LogP) is -0.454. The Morgan fingerprint density at radius 1 is 1.69 bits per heavy atom. The van der Waals surface area contributed by atoms with Gasteiger partial charge >= 0.3 is 5.97 Å². The second-order valence-corrected chi connectivity index (χ2v) is 2.57. The Morgan fingerprint density at radius 2 is 2.38 bits per heavy atom. The molecule has 0 saturated carbocycles. The Labute approximate surface area is 74.6 Å². The third-order valence-corrected chi connectivity index (χ3v) is 1.57. The standard InChI is InChI=1S/C7H11N3O3/c8-6-5(7(12)13)4-10(9-6)2-1-3-11/h4,11H,1-3H2,(H2,8,9)(H,12,13). The third kappa shape index (κ3) is 2.19. The van der Waals surface area contributed by atoms with Crippen molar-refractivity contribution in [3.8, 4) is 0 Å². The predicted molar refractivity (Wildman–Crippen MR) is 45.3 cm³/mol. The summed E-state index contributed by atoms with van der Waals surface area (Å²) in [5.74, 6) is -1.09. The molecule has 0 aromatic carbocycles. The van der Waals surface area contributed by atoms with Gasteiger partial charge in [0, 0.05) is 19.3 Å². The van der Waals surface area contributed by atoms with Crippen molar-refractivity contribution in [3.05, 3.63) is 11.8 Å². The van der Waals surface area contributed by atoms with Crippen molar-refractivity contribution < 1.29 is 15.0 Å². The van der Waals surface area contributed by atoms with Gasteiger partial charge in [0.15, 0.2) is 5.82 Å². The van der Waals surface area contributed by atoms with E-state index in [0.29, 0.717) is 13.0 Å². The van der Waals surface area contributed by atoms with E-state index in [1.165, 1.54) is 10.9 Å². The van der Waals surface area contributed by atoms with E-state index in [-0.39, 0.29) is 18.0 Å². The summed E-state index contributed by atoms with van der Waals surface area (Å²) in [4.78, 5) is 10.5. The van der Waals surface area contributed by atoms with Crippen LogP contribution in [0.5, 0.6) is 0 Å². The summed E-state index contributed by atoms with van der Waals surface area (Å²) in [6, 6.07) is 0. The van der Waals surface area contributed by atoms with Gasteiger partial charge in [-0.05, 0) is 6.42 Å². The van der Waals surface area contributed by atoms with E-state index in [1.54, 1.807) is 0 Å². The summed E-state index contributed by atoms with van der Waals surface area (Å²) in [5, 5.41) is 20.9. The topological polar surface area (TPSA) is 101 Å². The lowest BCUT2D eigenvalue weighted by Gasteiger charge is -1.96. The maximum absolute atomic E-state index is 10.5. The maximum Gasteiger partial charge on any atom is 0.341 e. The van der Waals surface area contributed by atoms with Gasteiger partial charge in [0.2, 0.25) is 0 Å². The Bertz CT molecular complexity index is 308. The number of nitrogens with two attached hydrogens (primary N) is 1. The molecule has 0 aliphatic heterocycles. The second kappa shape index (κ2) is 3.90. The molecule has 1 rings (SSSR count). The summed E-state index contributed by atoms with van der Waals surface area (Å²) in [6.07, 6.45) is 1.88. The van der Waals surface area contributed by atoms with Crippen molar-refractivity contribution in [3.63, 3.8) is 0 Å². The Balaban J connectivity index is 2.76. The Kier molecular flexibility index (Phi) is 2.86. The number of nitrogens with zero attached hydrogens (tertiary/aromatic N) is 2. The number of carboxylic acid groups (broad SMARTS) is 1. The number of nitrogen functional groups attached to an aromatic ring is 1. The van der Waals surface area contributed by atoms with Crippen molar-refractivity contribution in [1.29, 1.82) is 0 Å². The van der Waals surface area contributed by atoms with Gasteiger partial charge in [0.25, 0.3) is 0 Å². The molecule has 0 atom stereocenters. The fourth-order valence-corrected chi connectivity index (χ4v) is 0.948. The van der Waals surface area contributed by atoms with Crippen molar-refractivity contribution in [2.24, 2.45) is 0 Å². The first kappa shape index (κ1) is 9.53. The van der Waals surface area contributed by atoms with Crippen molar-refractivity contribution in [2.45, 2.75) is 13.0 Å². The van der Waals surface area contributed by atoms with Gasteiger partial charge in [-0.25, -0.2) is 4.79 Å². The van der Waals surface area contributed by atoms with Crippen LogP contribution in [0.1, 0.15) is 16.8 Å². The molecule has 72 valence electrons. The van der Waals surface area contributed by atoms with Crippen LogP contribution in [0.3, 0.4) is 0 Å². The van der Waals surface area contributed by atoms with E-state index in [9.17, 15) is 4.79 Å². The molecule has 1 aromatic rings. The number of rotatable bonds is 4. The number of carbonyl (C=O) groups is 1. The molecule has 13 heavy (non-hydrogen) atoms. The quantitative estimate of drug-likeness (QED) is 0.589. The van der Waals surface area contributed by atoms with Gasteiger partial charge in [0.05, 0.1) is 0 Å². The molecule has 0 aliphatic rings. The smallest absolute Gasteiger partial charge is 0.341 e. The molecule has 6 nitrogen and oxygen atoms in total. The van der Waals surface area contributed by atoms with Crippen molar-refractivity contribution in [1.82, 2.24) is 9.78 Å². The van der Waals surface area contributed by atoms with Crippen LogP contribution in [-0.2, 0) is 6.54 Å². The molecule has 1 heterocycles. The fraction of sp³-hybridized carbons (Fsp3) is 0.429. The number of hydrogen-bond acceptors (Lipinski definition) is 4. The minimum Gasteiger partial charge on any atom is -0.477 e. The van der Waals surface area contributed by atoms with E-state index < -0.39 is 5.97 Å². The van der Waals surface area contributed by atoms with Crippen LogP contribution in [0.4, 0.5) is 5.82 Å². The molecule has 0 spiro atoms. The summed E-state index contributed by atoms with van der Waals surface area (Å²) < 4.78 is 1.41. The Morgan fingerprint density at radius 3 is 2.85 bits per heavy atom. The first-order valence-corrected chi connectivity index (χ1v) is 3.82. The van der Waals surface area contributed by atoms with Crippen LogP contribution in [-0.4, -0.2) is 32.6 Å². The number of anilines is 1. The lowest BCUT2D eigenvalue weighted by molar-refractivity contribution is 0.0698. The lowest BCUT2D eigenvalue weighted by Crippen LogP contribution is -2.01. The SMILES string of the molecule is Nc1nn(CCCO)cc1C(=O)O. The molecular weight excluding hydrogens is 174 g/mol. The minimum atomic E-state index is -1.09. The van der Waals surface area contributed by atoms with Crippen LogP contribution in [0.25, 0.3) is 0 Å². The summed E-state index contributed by atoms with van der Waals surface area (Å²) in [6.45, 7) is 0.510. The maximum atomic E-state index is 10.5. The van der Waals surface area contributed by atoms with Gasteiger partial charge in [-0.2, -0.15) is 5.10 Å². The summed E-state index contributed by atoms with van der Waals surface area (Å²) >= 11 is 0. The Hall–Kier alpha value is -1.56. The lowest BCUT2D eigenvalue weighted by atomic mass is 10.3. The normalized spacial score (nSPS) is 10.2. The van der Waals surface area contributed by atoms with Gasteiger partial charge in [-0.3, -0.25) is 4.68 Å². The zero-order valence-corrected chi connectivity index (χ0v) is 6.97. The average Bonchev–Trinajstić information content (AvgIpc) is 2.43. The van der Waals surface area contributed by atoms with E-state index in [0.717, 1.165) is 0 Å². The van der Waals surface area contributed by atoms with Gasteiger partial charge in [-0.15, -0.1) is 0 Å². The minimum absolute atomic E-state index is 0.00191. The molecule has 6 heteroatoms. The number of aliphatic hydroxyl groups excluding tert-OH is 1. The molecule has 0 saturated heterocycles. The van der Waals surface area contributed by atoms with Crippen molar-refractivity contribution >= 4 is 11.8 Å². The first-order valence-electron chi connectivity index (χ1n) is 3.82. The molecule has 0 bridgehead atoms. The monoisotopic (exact) mass is 185 g/mol. The highest BCUT2D eigenvalue weighted by molar-refractivity contribution is 5.92. The molecular formula is C7H11N3O3. The molecule has 1 aromatic heterocycles. The van der Waals surface area contributed by atoms with E-state index in [1.807, 2.05) is 0 Å². The van der Waals surface area contributed by atoms with Crippen LogP contribution in [0.15, 0.2) is 6.20 Å². The van der Waals surface area contributed by atoms with Gasteiger partial charge < -0.3 is 15.9 Å². The zero-order chi connectivity index (χ0) is 9.84. The van der Waals surface area contributed by atoms with E-state index in [4.69, 9.17) is 15.9 Å². The largest absolute Gasteiger partial charge is 0.477 e. The molecule has 0 unspecified atom stereocenters. The highest BCUT2D eigenvalue weighted by Gasteiger charge is 2.11. The number of carboxylic acids is 1. The number of aromatic carboxylic acids is 1. The number of hydrogen-bond donors (Lipinski definition) is 3. The summed E-state index contributed by atoms with van der Waals surface area (Å²) in [5.41, 5.74) is 5.34. The van der Waals surface area contributed by atoms with Gasteiger partial charge in [-0.1, -0.05) is 0 Å². The van der Waals surface area contributed by atoms with Crippen LogP contribution < -0.4 is 5.73 Å². The first-order chi connectivity index (χ1) is 6.15.